The molecule has 1 amide bonds. The normalized spacial score (nSPS) is 18.8. The molecular formula is C14H17NO2. The first-order chi connectivity index (χ1) is 8.31. The molecule has 90 valence electrons. The van der Waals surface area contributed by atoms with Crippen LogP contribution >= 0.6 is 0 Å². The second kappa shape index (κ2) is 5.53. The molecule has 0 unspecified atom stereocenters. The van der Waals surface area contributed by atoms with Crippen LogP contribution in [-0.4, -0.2) is 13.0 Å². The third-order valence-electron chi connectivity index (χ3n) is 3.00. The smallest absolute Gasteiger partial charge is 0.227 e. The number of rotatable bonds is 3. The van der Waals surface area contributed by atoms with E-state index >= 15 is 0 Å². The van der Waals surface area contributed by atoms with Crippen molar-refractivity contribution < 1.29 is 9.53 Å². The lowest BCUT2D eigenvalue weighted by atomic mass is 9.93. The number of carbonyl (C=O) groups excluding carboxylic acids is 1. The van der Waals surface area contributed by atoms with Crippen molar-refractivity contribution in [3.63, 3.8) is 0 Å². The molecule has 1 N–H and O–H groups in total. The maximum Gasteiger partial charge on any atom is 0.227 e. The molecule has 0 saturated carbocycles. The van der Waals surface area contributed by atoms with Gasteiger partial charge in [0.05, 0.1) is 12.8 Å². The summed E-state index contributed by atoms with van der Waals surface area (Å²) in [5.74, 6) is 0.871. The number of nitrogens with one attached hydrogen (secondary N) is 1. The van der Waals surface area contributed by atoms with Crippen LogP contribution in [0.4, 0.5) is 5.69 Å². The van der Waals surface area contributed by atoms with Gasteiger partial charge in [-0.25, -0.2) is 0 Å². The summed E-state index contributed by atoms with van der Waals surface area (Å²) in [7, 11) is 1.61. The summed E-state index contributed by atoms with van der Waals surface area (Å²) in [6.07, 6.45) is 6.96. The van der Waals surface area contributed by atoms with Crippen molar-refractivity contribution in [3.8, 4) is 5.75 Å². The first kappa shape index (κ1) is 11.7. The Kier molecular flexibility index (Phi) is 3.81. The molecule has 1 aliphatic carbocycles. The Hall–Kier alpha value is -1.77. The fraction of sp³-hybridized carbons (Fsp3) is 0.357. The molecule has 0 heterocycles. The molecule has 0 bridgehead atoms. The minimum Gasteiger partial charge on any atom is -0.495 e. The lowest BCUT2D eigenvalue weighted by Crippen LogP contribution is -2.23. The number of ether oxygens (including phenoxy) is 1. The van der Waals surface area contributed by atoms with Crippen LogP contribution < -0.4 is 10.1 Å². The second-order valence-corrected chi connectivity index (χ2v) is 4.17. The summed E-state index contributed by atoms with van der Waals surface area (Å²) in [5, 5.41) is 2.93. The van der Waals surface area contributed by atoms with Gasteiger partial charge in [-0.05, 0) is 31.4 Å². The molecule has 3 nitrogen and oxygen atoms in total. The van der Waals surface area contributed by atoms with Crippen LogP contribution in [0.25, 0.3) is 0 Å². The zero-order valence-corrected chi connectivity index (χ0v) is 9.98. The van der Waals surface area contributed by atoms with E-state index in [4.69, 9.17) is 4.74 Å². The summed E-state index contributed by atoms with van der Waals surface area (Å²) in [6.45, 7) is 0. The lowest BCUT2D eigenvalue weighted by molar-refractivity contribution is -0.120. The molecular weight excluding hydrogens is 214 g/mol. The van der Waals surface area contributed by atoms with Crippen molar-refractivity contribution in [1.29, 1.82) is 0 Å². The predicted octanol–water partition coefficient (Wildman–Crippen LogP) is 2.99. The Morgan fingerprint density at radius 3 is 2.88 bits per heavy atom. The van der Waals surface area contributed by atoms with Gasteiger partial charge < -0.3 is 10.1 Å². The van der Waals surface area contributed by atoms with Gasteiger partial charge in [-0.3, -0.25) is 4.79 Å². The number of para-hydroxylation sites is 2. The summed E-state index contributed by atoms with van der Waals surface area (Å²) in [6, 6.07) is 7.47. The molecule has 1 aromatic rings. The number of hydrogen-bond acceptors (Lipinski definition) is 2. The highest BCUT2D eigenvalue weighted by atomic mass is 16.5. The summed E-state index contributed by atoms with van der Waals surface area (Å²) >= 11 is 0. The summed E-state index contributed by atoms with van der Waals surface area (Å²) in [4.78, 5) is 12.0. The van der Waals surface area contributed by atoms with E-state index in [1.807, 2.05) is 24.3 Å². The highest BCUT2D eigenvalue weighted by molar-refractivity contribution is 5.94. The van der Waals surface area contributed by atoms with E-state index in [0.29, 0.717) is 5.75 Å². The lowest BCUT2D eigenvalue weighted by Gasteiger charge is -2.18. The summed E-state index contributed by atoms with van der Waals surface area (Å²) in [5.41, 5.74) is 0.745. The predicted molar refractivity (Wildman–Crippen MR) is 68.1 cm³/mol. The molecule has 0 saturated heterocycles. The molecule has 0 aromatic heterocycles. The van der Waals surface area contributed by atoms with Crippen LogP contribution in [0, 0.1) is 5.92 Å². The SMILES string of the molecule is COc1ccccc1NC(=O)[C@H]1CC=CCC1. The van der Waals surface area contributed by atoms with Crippen LogP contribution in [0.2, 0.25) is 0 Å². The molecule has 0 spiro atoms. The van der Waals surface area contributed by atoms with E-state index in [0.717, 1.165) is 24.9 Å². The molecule has 0 aliphatic heterocycles. The average Bonchev–Trinajstić information content (AvgIpc) is 2.40. The van der Waals surface area contributed by atoms with Gasteiger partial charge in [-0.1, -0.05) is 24.3 Å². The number of methoxy groups -OCH3 is 1. The zero-order valence-electron chi connectivity index (χ0n) is 9.98. The van der Waals surface area contributed by atoms with Gasteiger partial charge in [0.15, 0.2) is 0 Å². The number of anilines is 1. The third kappa shape index (κ3) is 2.87. The fourth-order valence-corrected chi connectivity index (χ4v) is 2.01. The fourth-order valence-electron chi connectivity index (χ4n) is 2.01. The van der Waals surface area contributed by atoms with Crippen LogP contribution in [0.3, 0.4) is 0 Å². The Bertz CT molecular complexity index is 426. The Balaban J connectivity index is 2.04. The van der Waals surface area contributed by atoms with Gasteiger partial charge >= 0.3 is 0 Å². The quantitative estimate of drug-likeness (QED) is 0.812. The number of carbonyl (C=O) groups is 1. The Morgan fingerprint density at radius 2 is 2.18 bits per heavy atom. The Labute approximate surface area is 101 Å². The molecule has 1 atom stereocenters. The largest absolute Gasteiger partial charge is 0.495 e. The van der Waals surface area contributed by atoms with Gasteiger partial charge in [0.25, 0.3) is 0 Å². The number of amides is 1. The Morgan fingerprint density at radius 1 is 1.35 bits per heavy atom. The molecule has 17 heavy (non-hydrogen) atoms. The standard InChI is InChI=1S/C14H17NO2/c1-17-13-10-6-5-9-12(13)15-14(16)11-7-3-2-4-8-11/h2-3,5-6,9-11H,4,7-8H2,1H3,(H,15,16)/t11-/m0/s1. The topological polar surface area (TPSA) is 38.3 Å². The molecule has 1 aliphatic rings. The highest BCUT2D eigenvalue weighted by Gasteiger charge is 2.19. The van der Waals surface area contributed by atoms with E-state index in [1.54, 1.807) is 7.11 Å². The van der Waals surface area contributed by atoms with Gasteiger partial charge in [-0.2, -0.15) is 0 Å². The molecule has 2 rings (SSSR count). The van der Waals surface area contributed by atoms with Crippen molar-refractivity contribution in [2.24, 2.45) is 5.92 Å². The zero-order chi connectivity index (χ0) is 12.1. The molecule has 0 fully saturated rings. The number of allylic oxidation sites excluding steroid dienone is 2. The first-order valence-corrected chi connectivity index (χ1v) is 5.90. The van der Waals surface area contributed by atoms with E-state index in [1.165, 1.54) is 0 Å². The van der Waals surface area contributed by atoms with Crippen molar-refractivity contribution in [1.82, 2.24) is 0 Å². The molecule has 0 radical (unpaired) electrons. The minimum atomic E-state index is 0.0823. The van der Waals surface area contributed by atoms with Gasteiger partial charge in [-0.15, -0.1) is 0 Å². The summed E-state index contributed by atoms with van der Waals surface area (Å²) < 4.78 is 5.20. The van der Waals surface area contributed by atoms with Crippen molar-refractivity contribution >= 4 is 11.6 Å². The van der Waals surface area contributed by atoms with Gasteiger partial charge in [0, 0.05) is 5.92 Å². The first-order valence-electron chi connectivity index (χ1n) is 5.90. The van der Waals surface area contributed by atoms with Crippen molar-refractivity contribution in [3.05, 3.63) is 36.4 Å². The third-order valence-corrected chi connectivity index (χ3v) is 3.00. The van der Waals surface area contributed by atoms with Crippen molar-refractivity contribution in [2.75, 3.05) is 12.4 Å². The highest BCUT2D eigenvalue weighted by Crippen LogP contribution is 2.25. The van der Waals surface area contributed by atoms with E-state index < -0.39 is 0 Å². The maximum absolute atomic E-state index is 12.0. The number of benzene rings is 1. The molecule has 3 heteroatoms. The van der Waals surface area contributed by atoms with Crippen LogP contribution in [0.1, 0.15) is 19.3 Å². The average molecular weight is 231 g/mol. The van der Waals surface area contributed by atoms with E-state index in [9.17, 15) is 4.79 Å². The minimum absolute atomic E-state index is 0.0823. The second-order valence-electron chi connectivity index (χ2n) is 4.17. The van der Waals surface area contributed by atoms with E-state index in [2.05, 4.69) is 17.5 Å². The van der Waals surface area contributed by atoms with Crippen molar-refractivity contribution in [2.45, 2.75) is 19.3 Å². The maximum atomic E-state index is 12.0. The molecule has 1 aromatic carbocycles. The van der Waals surface area contributed by atoms with Gasteiger partial charge in [0.1, 0.15) is 5.75 Å². The van der Waals surface area contributed by atoms with E-state index in [-0.39, 0.29) is 11.8 Å². The van der Waals surface area contributed by atoms with Crippen LogP contribution in [0.15, 0.2) is 36.4 Å². The van der Waals surface area contributed by atoms with Crippen LogP contribution in [0.5, 0.6) is 5.75 Å². The van der Waals surface area contributed by atoms with Gasteiger partial charge in [0.2, 0.25) is 5.91 Å². The number of hydrogen-bond donors (Lipinski definition) is 1. The monoisotopic (exact) mass is 231 g/mol. The van der Waals surface area contributed by atoms with Crippen LogP contribution in [-0.2, 0) is 4.79 Å².